The molecule has 0 fully saturated rings. The number of nitrogens with one attached hydrogen (secondary N) is 1. The highest BCUT2D eigenvalue weighted by atomic mass is 16.1. The molecule has 4 nitrogen and oxygen atoms in total. The largest absolute Gasteiger partial charge is 0.350 e. The van der Waals surface area contributed by atoms with Gasteiger partial charge in [-0.2, -0.15) is 0 Å². The Balaban J connectivity index is 3.95. The molecule has 0 aromatic rings. The maximum Gasteiger partial charge on any atom is 0.220 e. The van der Waals surface area contributed by atoms with Gasteiger partial charge in [0.15, 0.2) is 0 Å². The maximum absolute atomic E-state index is 11.1. The normalized spacial score (nSPS) is 11.7. The molecule has 0 radical (unpaired) electrons. The second-order valence-corrected chi connectivity index (χ2v) is 2.71. The fourth-order valence-electron chi connectivity index (χ4n) is 0.808. The van der Waals surface area contributed by atoms with Gasteiger partial charge in [-0.3, -0.25) is 14.8 Å². The molecule has 0 aliphatic carbocycles. The molecule has 0 aliphatic rings. The fraction of sp³-hybridized carbons (Fsp3) is 0.500. The molecule has 78 valence electrons. The number of rotatable bonds is 6. The Labute approximate surface area is 84.8 Å². The zero-order valence-electron chi connectivity index (χ0n) is 8.79. The molecular weight excluding hydrogens is 178 g/mol. The summed E-state index contributed by atoms with van der Waals surface area (Å²) in [5.41, 5.74) is 0.660. The first kappa shape index (κ1) is 12.6. The van der Waals surface area contributed by atoms with Crippen LogP contribution in [-0.4, -0.2) is 25.4 Å². The van der Waals surface area contributed by atoms with Crippen LogP contribution < -0.4 is 5.32 Å². The lowest BCUT2D eigenvalue weighted by Gasteiger charge is -2.02. The van der Waals surface area contributed by atoms with Crippen molar-refractivity contribution in [3.63, 3.8) is 0 Å². The van der Waals surface area contributed by atoms with Gasteiger partial charge in [0.2, 0.25) is 5.91 Å². The van der Waals surface area contributed by atoms with Gasteiger partial charge < -0.3 is 5.32 Å². The Morgan fingerprint density at radius 3 is 2.79 bits per heavy atom. The van der Waals surface area contributed by atoms with Crippen molar-refractivity contribution in [1.29, 1.82) is 0 Å². The van der Waals surface area contributed by atoms with E-state index in [2.05, 4.69) is 22.0 Å². The molecule has 0 saturated carbocycles. The second kappa shape index (κ2) is 8.16. The lowest BCUT2D eigenvalue weighted by molar-refractivity contribution is -0.120. The van der Waals surface area contributed by atoms with Crippen molar-refractivity contribution in [3.05, 3.63) is 11.9 Å². The Bertz CT molecular complexity index is 244. The molecule has 1 N–H and O–H groups in total. The molecule has 0 aliphatic heterocycles. The summed E-state index contributed by atoms with van der Waals surface area (Å²) in [6.07, 6.45) is 4.62. The Hall–Kier alpha value is -1.45. The molecule has 4 heteroatoms. The summed E-state index contributed by atoms with van der Waals surface area (Å²) in [6, 6.07) is 0. The average Bonchev–Trinajstić information content (AvgIpc) is 2.19. The monoisotopic (exact) mass is 195 g/mol. The van der Waals surface area contributed by atoms with Crippen LogP contribution in [0.1, 0.15) is 26.7 Å². The van der Waals surface area contributed by atoms with E-state index >= 15 is 0 Å². The summed E-state index contributed by atoms with van der Waals surface area (Å²) in [5.74, 6) is 0.0301. The van der Waals surface area contributed by atoms with Gasteiger partial charge in [-0.25, -0.2) is 0 Å². The molecule has 0 rings (SSSR count). The standard InChI is InChI=1S/C10H17N3O/c1-4-6-10(14)13-8-9(11-3)7-12-5-2/h5,7H,3-4,6,8H2,1-2H3,(H,13,14). The molecule has 0 saturated heterocycles. The van der Waals surface area contributed by atoms with Gasteiger partial charge in [0.05, 0.1) is 12.2 Å². The maximum atomic E-state index is 11.1. The first-order valence-electron chi connectivity index (χ1n) is 4.64. The molecule has 0 aromatic carbocycles. The molecular formula is C10H17N3O. The van der Waals surface area contributed by atoms with E-state index in [1.54, 1.807) is 12.4 Å². The van der Waals surface area contributed by atoms with Crippen LogP contribution in [0.4, 0.5) is 0 Å². The van der Waals surface area contributed by atoms with E-state index in [0.29, 0.717) is 18.7 Å². The van der Waals surface area contributed by atoms with E-state index in [0.717, 1.165) is 6.42 Å². The summed E-state index contributed by atoms with van der Waals surface area (Å²) in [7, 11) is 0. The predicted molar refractivity (Wildman–Crippen MR) is 59.7 cm³/mol. The van der Waals surface area contributed by atoms with Crippen LogP contribution in [0.2, 0.25) is 0 Å². The third kappa shape index (κ3) is 6.11. The third-order valence-electron chi connectivity index (χ3n) is 1.52. The fourth-order valence-corrected chi connectivity index (χ4v) is 0.808. The highest BCUT2D eigenvalue weighted by molar-refractivity contribution is 5.76. The third-order valence-corrected chi connectivity index (χ3v) is 1.52. The van der Waals surface area contributed by atoms with Crippen molar-refractivity contribution in [2.45, 2.75) is 26.7 Å². The first-order valence-corrected chi connectivity index (χ1v) is 4.64. The molecule has 0 heterocycles. The number of aliphatic imine (C=N–C) groups is 2. The van der Waals surface area contributed by atoms with Crippen LogP contribution in [0.3, 0.4) is 0 Å². The number of nitrogens with zero attached hydrogens (tertiary/aromatic N) is 2. The van der Waals surface area contributed by atoms with Gasteiger partial charge >= 0.3 is 0 Å². The van der Waals surface area contributed by atoms with E-state index in [-0.39, 0.29) is 5.91 Å². The van der Waals surface area contributed by atoms with Gasteiger partial charge in [-0.15, -0.1) is 0 Å². The van der Waals surface area contributed by atoms with Crippen molar-refractivity contribution in [2.75, 3.05) is 6.54 Å². The zero-order chi connectivity index (χ0) is 10.8. The minimum Gasteiger partial charge on any atom is -0.350 e. The van der Waals surface area contributed by atoms with Crippen LogP contribution in [0.15, 0.2) is 21.9 Å². The minimum absolute atomic E-state index is 0.0301. The zero-order valence-corrected chi connectivity index (χ0v) is 8.79. The van der Waals surface area contributed by atoms with Crippen LogP contribution in [-0.2, 0) is 4.79 Å². The van der Waals surface area contributed by atoms with E-state index in [9.17, 15) is 4.79 Å². The molecule has 1 amide bonds. The van der Waals surface area contributed by atoms with Crippen LogP contribution in [0, 0.1) is 0 Å². The molecule has 14 heavy (non-hydrogen) atoms. The number of hydrogen-bond acceptors (Lipinski definition) is 3. The van der Waals surface area contributed by atoms with E-state index < -0.39 is 0 Å². The Morgan fingerprint density at radius 1 is 1.57 bits per heavy atom. The molecule has 0 aromatic heterocycles. The molecule has 0 bridgehead atoms. The van der Waals surface area contributed by atoms with Gasteiger partial charge in [0, 0.05) is 18.8 Å². The summed E-state index contributed by atoms with van der Waals surface area (Å²) >= 11 is 0. The van der Waals surface area contributed by atoms with Gasteiger partial charge in [-0.1, -0.05) is 6.92 Å². The lowest BCUT2D eigenvalue weighted by Crippen LogP contribution is -2.24. The summed E-state index contributed by atoms with van der Waals surface area (Å²) in [6.45, 7) is 7.56. The minimum atomic E-state index is 0.0301. The molecule has 0 spiro atoms. The Morgan fingerprint density at radius 2 is 2.29 bits per heavy atom. The number of carbonyl (C=O) groups excluding carboxylic acids is 1. The van der Waals surface area contributed by atoms with Gasteiger partial charge in [-0.05, 0) is 20.1 Å². The lowest BCUT2D eigenvalue weighted by atomic mass is 10.3. The van der Waals surface area contributed by atoms with E-state index in [1.807, 2.05) is 13.8 Å². The van der Waals surface area contributed by atoms with Crippen molar-refractivity contribution < 1.29 is 4.79 Å². The molecule has 0 unspecified atom stereocenters. The van der Waals surface area contributed by atoms with Crippen LogP contribution in [0.25, 0.3) is 0 Å². The van der Waals surface area contributed by atoms with Gasteiger partial charge in [0.25, 0.3) is 0 Å². The highest BCUT2D eigenvalue weighted by Gasteiger charge is 1.99. The van der Waals surface area contributed by atoms with Crippen molar-refractivity contribution in [3.8, 4) is 0 Å². The van der Waals surface area contributed by atoms with Crippen LogP contribution in [0.5, 0.6) is 0 Å². The summed E-state index contributed by atoms with van der Waals surface area (Å²) < 4.78 is 0. The van der Waals surface area contributed by atoms with Crippen molar-refractivity contribution >= 4 is 18.8 Å². The summed E-state index contributed by atoms with van der Waals surface area (Å²) in [5, 5.41) is 2.73. The number of carbonyl (C=O) groups is 1. The number of hydrogen-bond donors (Lipinski definition) is 1. The Kier molecular flexibility index (Phi) is 7.32. The predicted octanol–water partition coefficient (Wildman–Crippen LogP) is 1.54. The van der Waals surface area contributed by atoms with Crippen molar-refractivity contribution in [1.82, 2.24) is 5.32 Å². The highest BCUT2D eigenvalue weighted by Crippen LogP contribution is 1.94. The topological polar surface area (TPSA) is 53.8 Å². The smallest absolute Gasteiger partial charge is 0.220 e. The molecule has 0 atom stereocenters. The van der Waals surface area contributed by atoms with Crippen molar-refractivity contribution in [2.24, 2.45) is 9.98 Å². The first-order chi connectivity index (χ1) is 6.74. The van der Waals surface area contributed by atoms with Gasteiger partial charge in [0.1, 0.15) is 0 Å². The SMILES string of the molecule is C=NC(=CN=CC)CNC(=O)CCC. The van der Waals surface area contributed by atoms with E-state index in [4.69, 9.17) is 0 Å². The average molecular weight is 195 g/mol. The quantitative estimate of drug-likeness (QED) is 0.642. The van der Waals surface area contributed by atoms with E-state index in [1.165, 1.54) is 0 Å². The summed E-state index contributed by atoms with van der Waals surface area (Å²) in [4.78, 5) is 18.7. The van der Waals surface area contributed by atoms with Crippen LogP contribution >= 0.6 is 0 Å². The second-order valence-electron chi connectivity index (χ2n) is 2.71. The number of amides is 1.